The van der Waals surface area contributed by atoms with Crippen LogP contribution in [0.15, 0.2) is 36.4 Å². The first kappa shape index (κ1) is 19.0. The van der Waals surface area contributed by atoms with Gasteiger partial charge < -0.3 is 15.1 Å². The molecule has 0 aromatic heterocycles. The molecular formula is C20H24Cl2N3O+. The molecule has 2 N–H and O–H groups in total. The number of halogens is 2. The molecule has 1 amide bonds. The van der Waals surface area contributed by atoms with E-state index in [1.807, 2.05) is 0 Å². The molecule has 0 atom stereocenters. The molecule has 0 spiro atoms. The summed E-state index contributed by atoms with van der Waals surface area (Å²) in [6.07, 6.45) is 0. The van der Waals surface area contributed by atoms with Crippen LogP contribution in [0.5, 0.6) is 0 Å². The maximum atomic E-state index is 12.4. The number of amides is 1. The molecule has 2 aromatic carbocycles. The monoisotopic (exact) mass is 392 g/mol. The van der Waals surface area contributed by atoms with Crippen LogP contribution in [0.1, 0.15) is 11.1 Å². The molecule has 138 valence electrons. The predicted octanol–water partition coefficient (Wildman–Crippen LogP) is 2.95. The number of anilines is 2. The third kappa shape index (κ3) is 4.32. The topological polar surface area (TPSA) is 36.8 Å². The van der Waals surface area contributed by atoms with Crippen molar-refractivity contribution in [1.29, 1.82) is 0 Å². The number of quaternary nitrogens is 1. The highest BCUT2D eigenvalue weighted by Crippen LogP contribution is 2.29. The van der Waals surface area contributed by atoms with E-state index in [2.05, 4.69) is 42.3 Å². The van der Waals surface area contributed by atoms with Gasteiger partial charge in [0.05, 0.1) is 41.9 Å². The molecule has 4 nitrogen and oxygen atoms in total. The number of nitrogens with zero attached hydrogens (tertiary/aromatic N) is 1. The van der Waals surface area contributed by atoms with E-state index in [0.717, 1.165) is 26.2 Å². The van der Waals surface area contributed by atoms with Crippen molar-refractivity contribution in [2.24, 2.45) is 0 Å². The summed E-state index contributed by atoms with van der Waals surface area (Å²) < 4.78 is 0. The van der Waals surface area contributed by atoms with Crippen molar-refractivity contribution >= 4 is 40.5 Å². The second-order valence-electron chi connectivity index (χ2n) is 6.78. The Morgan fingerprint density at radius 3 is 2.35 bits per heavy atom. The zero-order valence-corrected chi connectivity index (χ0v) is 16.6. The fourth-order valence-electron chi connectivity index (χ4n) is 3.35. The van der Waals surface area contributed by atoms with Crippen LogP contribution < -0.4 is 15.1 Å². The highest BCUT2D eigenvalue weighted by atomic mass is 35.5. The number of carbonyl (C=O) groups excluding carboxylic acids is 1. The molecule has 0 saturated carbocycles. The minimum Gasteiger partial charge on any atom is -0.360 e. The molecule has 0 bridgehead atoms. The minimum absolute atomic E-state index is 0.0600. The highest BCUT2D eigenvalue weighted by Gasteiger charge is 2.24. The molecule has 26 heavy (non-hydrogen) atoms. The minimum atomic E-state index is -0.0600. The van der Waals surface area contributed by atoms with Crippen molar-refractivity contribution in [1.82, 2.24) is 0 Å². The summed E-state index contributed by atoms with van der Waals surface area (Å²) in [6, 6.07) is 11.6. The average molecular weight is 393 g/mol. The number of rotatable bonds is 4. The Morgan fingerprint density at radius 1 is 1.08 bits per heavy atom. The number of aryl methyl sites for hydroxylation is 1. The molecule has 1 fully saturated rings. The van der Waals surface area contributed by atoms with E-state index in [9.17, 15) is 4.79 Å². The zero-order chi connectivity index (χ0) is 18.7. The lowest BCUT2D eigenvalue weighted by Crippen LogP contribution is -3.15. The lowest BCUT2D eigenvalue weighted by Gasteiger charge is -2.34. The number of hydrogen-bond donors (Lipinski definition) is 2. The van der Waals surface area contributed by atoms with Crippen molar-refractivity contribution in [3.05, 3.63) is 57.6 Å². The van der Waals surface area contributed by atoms with Crippen molar-refractivity contribution in [3.8, 4) is 0 Å². The first-order valence-corrected chi connectivity index (χ1v) is 9.60. The number of hydrogen-bond acceptors (Lipinski definition) is 2. The van der Waals surface area contributed by atoms with Crippen LogP contribution in [0.2, 0.25) is 10.0 Å². The Bertz CT molecular complexity index is 781. The molecule has 0 unspecified atom stereocenters. The Morgan fingerprint density at radius 2 is 1.69 bits per heavy atom. The summed E-state index contributed by atoms with van der Waals surface area (Å²) in [5.41, 5.74) is 4.45. The van der Waals surface area contributed by atoms with Gasteiger partial charge in [0.1, 0.15) is 0 Å². The molecule has 0 radical (unpaired) electrons. The molecular weight excluding hydrogens is 369 g/mol. The SMILES string of the molecule is Cc1cccc(N2CC[NH+](CC(=O)Nc3c(Cl)cccc3Cl)CC2)c1C. The van der Waals surface area contributed by atoms with Gasteiger partial charge in [-0.2, -0.15) is 0 Å². The van der Waals surface area contributed by atoms with E-state index < -0.39 is 0 Å². The van der Waals surface area contributed by atoms with Crippen molar-refractivity contribution < 1.29 is 9.69 Å². The van der Waals surface area contributed by atoms with Gasteiger partial charge in [-0.15, -0.1) is 0 Å². The van der Waals surface area contributed by atoms with Crippen LogP contribution in [-0.2, 0) is 4.79 Å². The van der Waals surface area contributed by atoms with Gasteiger partial charge in [0.25, 0.3) is 5.91 Å². The normalized spacial score (nSPS) is 15.2. The Kier molecular flexibility index (Phi) is 6.07. The summed E-state index contributed by atoms with van der Waals surface area (Å²) in [7, 11) is 0. The molecule has 1 heterocycles. The first-order valence-electron chi connectivity index (χ1n) is 8.84. The highest BCUT2D eigenvalue weighted by molar-refractivity contribution is 6.39. The second-order valence-corrected chi connectivity index (χ2v) is 7.59. The predicted molar refractivity (Wildman–Crippen MR) is 109 cm³/mol. The van der Waals surface area contributed by atoms with Crippen LogP contribution in [0, 0.1) is 13.8 Å². The summed E-state index contributed by atoms with van der Waals surface area (Å²) in [6.45, 7) is 8.48. The summed E-state index contributed by atoms with van der Waals surface area (Å²) in [5, 5.41) is 3.77. The molecule has 1 aliphatic rings. The molecule has 1 aliphatic heterocycles. The van der Waals surface area contributed by atoms with Crippen LogP contribution in [0.3, 0.4) is 0 Å². The maximum Gasteiger partial charge on any atom is 0.279 e. The van der Waals surface area contributed by atoms with Crippen molar-refractivity contribution in [3.63, 3.8) is 0 Å². The smallest absolute Gasteiger partial charge is 0.279 e. The fourth-order valence-corrected chi connectivity index (χ4v) is 3.84. The second kappa shape index (κ2) is 8.30. The van der Waals surface area contributed by atoms with Gasteiger partial charge in [-0.1, -0.05) is 41.4 Å². The average Bonchev–Trinajstić information content (AvgIpc) is 2.61. The van der Waals surface area contributed by atoms with Gasteiger partial charge in [-0.3, -0.25) is 4.79 Å². The lowest BCUT2D eigenvalue weighted by molar-refractivity contribution is -0.892. The standard InChI is InChI=1S/C20H23Cl2N3O/c1-14-5-3-8-18(15(14)2)25-11-9-24(10-12-25)13-19(26)23-20-16(21)6-4-7-17(20)22/h3-8H,9-13H2,1-2H3,(H,23,26)/p+1. The van der Waals surface area contributed by atoms with Gasteiger partial charge in [0, 0.05) is 5.69 Å². The summed E-state index contributed by atoms with van der Waals surface area (Å²) in [4.78, 5) is 16.1. The number of para-hydroxylation sites is 1. The van der Waals surface area contributed by atoms with Gasteiger partial charge in [0.15, 0.2) is 6.54 Å². The summed E-state index contributed by atoms with van der Waals surface area (Å²) >= 11 is 12.2. The molecule has 0 aliphatic carbocycles. The van der Waals surface area contributed by atoms with Crippen LogP contribution in [0.25, 0.3) is 0 Å². The quantitative estimate of drug-likeness (QED) is 0.838. The Balaban J connectivity index is 1.55. The zero-order valence-electron chi connectivity index (χ0n) is 15.1. The third-order valence-corrected chi connectivity index (χ3v) is 5.65. The first-order chi connectivity index (χ1) is 12.5. The fraction of sp³-hybridized carbons (Fsp3) is 0.350. The van der Waals surface area contributed by atoms with Gasteiger partial charge in [0.2, 0.25) is 0 Å². The summed E-state index contributed by atoms with van der Waals surface area (Å²) in [5.74, 6) is -0.0600. The van der Waals surface area contributed by atoms with Gasteiger partial charge in [-0.05, 0) is 43.2 Å². The Labute approximate surface area is 164 Å². The van der Waals surface area contributed by atoms with Crippen LogP contribution >= 0.6 is 23.2 Å². The van der Waals surface area contributed by atoms with Crippen molar-refractivity contribution in [2.45, 2.75) is 13.8 Å². The van der Waals surface area contributed by atoms with E-state index in [1.54, 1.807) is 18.2 Å². The molecule has 6 heteroatoms. The molecule has 1 saturated heterocycles. The van der Waals surface area contributed by atoms with E-state index in [1.165, 1.54) is 21.7 Å². The van der Waals surface area contributed by atoms with Crippen LogP contribution in [0.4, 0.5) is 11.4 Å². The molecule has 3 rings (SSSR count). The van der Waals surface area contributed by atoms with Gasteiger partial charge in [-0.25, -0.2) is 0 Å². The number of piperazine rings is 1. The molecule has 2 aromatic rings. The van der Waals surface area contributed by atoms with E-state index in [0.29, 0.717) is 22.3 Å². The number of benzene rings is 2. The largest absolute Gasteiger partial charge is 0.360 e. The van der Waals surface area contributed by atoms with E-state index >= 15 is 0 Å². The van der Waals surface area contributed by atoms with E-state index in [-0.39, 0.29) is 5.91 Å². The van der Waals surface area contributed by atoms with E-state index in [4.69, 9.17) is 23.2 Å². The van der Waals surface area contributed by atoms with Crippen molar-refractivity contribution in [2.75, 3.05) is 42.9 Å². The van der Waals surface area contributed by atoms with Crippen LogP contribution in [-0.4, -0.2) is 38.6 Å². The number of carbonyl (C=O) groups is 1. The maximum absolute atomic E-state index is 12.4. The van der Waals surface area contributed by atoms with Gasteiger partial charge >= 0.3 is 0 Å². The lowest BCUT2D eigenvalue weighted by atomic mass is 10.1. The number of nitrogens with one attached hydrogen (secondary N) is 2. The Hall–Kier alpha value is -1.75. The third-order valence-electron chi connectivity index (χ3n) is 5.03.